The molecule has 1 aliphatic rings. The summed E-state index contributed by atoms with van der Waals surface area (Å²) in [5.74, 6) is -0.710. The van der Waals surface area contributed by atoms with Crippen molar-refractivity contribution in [1.82, 2.24) is 4.90 Å². The molecule has 86 valence electrons. The van der Waals surface area contributed by atoms with Crippen LogP contribution in [0.4, 0.5) is 13.2 Å². The van der Waals surface area contributed by atoms with Gasteiger partial charge in [-0.15, -0.1) is 0 Å². The Kier molecular flexibility index (Phi) is 3.42. The van der Waals surface area contributed by atoms with Crippen LogP contribution >= 0.6 is 0 Å². The van der Waals surface area contributed by atoms with Crippen LogP contribution in [0.15, 0.2) is 12.2 Å². The zero-order valence-corrected chi connectivity index (χ0v) is 8.60. The highest BCUT2D eigenvalue weighted by molar-refractivity contribution is 5.94. The van der Waals surface area contributed by atoms with Crippen LogP contribution in [0.2, 0.25) is 0 Å². The smallest absolute Gasteiger partial charge is 0.338 e. The van der Waals surface area contributed by atoms with Crippen molar-refractivity contribution in [2.24, 2.45) is 5.92 Å². The first-order chi connectivity index (χ1) is 6.82. The lowest BCUT2D eigenvalue weighted by atomic mass is 9.99. The van der Waals surface area contributed by atoms with E-state index in [2.05, 4.69) is 6.58 Å². The number of rotatable bonds is 1. The number of hydrogen-bond donors (Lipinski definition) is 0. The summed E-state index contributed by atoms with van der Waals surface area (Å²) in [4.78, 5) is 12.6. The van der Waals surface area contributed by atoms with Crippen molar-refractivity contribution in [3.8, 4) is 0 Å². The lowest BCUT2D eigenvalue weighted by molar-refractivity contribution is -0.140. The molecule has 2 nitrogen and oxygen atoms in total. The highest BCUT2D eigenvalue weighted by Crippen LogP contribution is 2.27. The Morgan fingerprint density at radius 3 is 2.53 bits per heavy atom. The molecule has 0 saturated carbocycles. The largest absolute Gasteiger partial charge is 0.421 e. The summed E-state index contributed by atoms with van der Waals surface area (Å²) in [5, 5.41) is 0. The highest BCUT2D eigenvalue weighted by Gasteiger charge is 2.39. The van der Waals surface area contributed by atoms with Crippen molar-refractivity contribution in [3.63, 3.8) is 0 Å². The summed E-state index contributed by atoms with van der Waals surface area (Å²) in [5.41, 5.74) is -1.27. The number of halogens is 3. The van der Waals surface area contributed by atoms with Gasteiger partial charge in [-0.1, -0.05) is 13.5 Å². The minimum atomic E-state index is -4.61. The fourth-order valence-corrected chi connectivity index (χ4v) is 1.69. The molecular formula is C10H14F3NO. The average molecular weight is 221 g/mol. The molecule has 0 aromatic rings. The molecule has 0 spiro atoms. The van der Waals surface area contributed by atoms with Crippen molar-refractivity contribution in [3.05, 3.63) is 12.2 Å². The zero-order chi connectivity index (χ0) is 11.6. The van der Waals surface area contributed by atoms with Gasteiger partial charge in [0.15, 0.2) is 0 Å². The summed E-state index contributed by atoms with van der Waals surface area (Å²) in [6, 6.07) is 0. The molecule has 0 radical (unpaired) electrons. The lowest BCUT2D eigenvalue weighted by Crippen LogP contribution is -2.42. The molecule has 1 rings (SSSR count). The van der Waals surface area contributed by atoms with Gasteiger partial charge < -0.3 is 4.90 Å². The number of carbonyl (C=O) groups excluding carboxylic acids is 1. The Morgan fingerprint density at radius 2 is 2.07 bits per heavy atom. The predicted molar refractivity (Wildman–Crippen MR) is 50.2 cm³/mol. The third-order valence-electron chi connectivity index (χ3n) is 2.54. The first-order valence-electron chi connectivity index (χ1n) is 4.87. The maximum Gasteiger partial charge on any atom is 0.421 e. The van der Waals surface area contributed by atoms with Crippen LogP contribution in [0.25, 0.3) is 0 Å². The second-order valence-corrected chi connectivity index (χ2v) is 3.97. The minimum Gasteiger partial charge on any atom is -0.338 e. The first kappa shape index (κ1) is 12.1. The van der Waals surface area contributed by atoms with Crippen LogP contribution in [-0.4, -0.2) is 30.1 Å². The second-order valence-electron chi connectivity index (χ2n) is 3.97. The third kappa shape index (κ3) is 2.97. The number of carbonyl (C=O) groups is 1. The van der Waals surface area contributed by atoms with Gasteiger partial charge in [-0.3, -0.25) is 4.79 Å². The summed E-state index contributed by atoms with van der Waals surface area (Å²) in [6.07, 6.45) is -2.89. The van der Waals surface area contributed by atoms with Gasteiger partial charge in [-0.25, -0.2) is 0 Å². The average Bonchev–Trinajstić information content (AvgIpc) is 2.14. The Bertz CT molecular complexity index is 272. The van der Waals surface area contributed by atoms with Crippen LogP contribution in [0.1, 0.15) is 19.8 Å². The van der Waals surface area contributed by atoms with Crippen LogP contribution in [0.5, 0.6) is 0 Å². The molecular weight excluding hydrogens is 207 g/mol. The molecule has 15 heavy (non-hydrogen) atoms. The number of amides is 1. The zero-order valence-electron chi connectivity index (χ0n) is 8.60. The number of piperidine rings is 1. The van der Waals surface area contributed by atoms with E-state index in [0.29, 0.717) is 13.1 Å². The van der Waals surface area contributed by atoms with Gasteiger partial charge in [-0.2, -0.15) is 13.2 Å². The van der Waals surface area contributed by atoms with Gasteiger partial charge in [0.2, 0.25) is 0 Å². The second kappa shape index (κ2) is 4.24. The number of alkyl halides is 3. The van der Waals surface area contributed by atoms with Gasteiger partial charge in [0.25, 0.3) is 5.91 Å². The predicted octanol–water partition coefficient (Wildman–Crippen LogP) is 2.36. The molecule has 1 atom stereocenters. The van der Waals surface area contributed by atoms with Gasteiger partial charge in [0, 0.05) is 13.1 Å². The first-order valence-corrected chi connectivity index (χ1v) is 4.87. The molecule has 1 fully saturated rings. The van der Waals surface area contributed by atoms with Gasteiger partial charge in [-0.05, 0) is 18.8 Å². The monoisotopic (exact) mass is 221 g/mol. The molecule has 0 aromatic carbocycles. The Balaban J connectivity index is 2.64. The van der Waals surface area contributed by atoms with E-state index in [9.17, 15) is 18.0 Å². The maximum absolute atomic E-state index is 12.2. The van der Waals surface area contributed by atoms with Crippen LogP contribution < -0.4 is 0 Å². The molecule has 1 saturated heterocycles. The van der Waals surface area contributed by atoms with Crippen molar-refractivity contribution in [2.45, 2.75) is 25.9 Å². The van der Waals surface area contributed by atoms with Crippen molar-refractivity contribution < 1.29 is 18.0 Å². The Morgan fingerprint density at radius 1 is 1.47 bits per heavy atom. The SMILES string of the molecule is C=C(C(=O)N1CCCC(C)C1)C(F)(F)F. The lowest BCUT2D eigenvalue weighted by Gasteiger charge is -2.31. The highest BCUT2D eigenvalue weighted by atomic mass is 19.4. The summed E-state index contributed by atoms with van der Waals surface area (Å²) < 4.78 is 36.6. The fourth-order valence-electron chi connectivity index (χ4n) is 1.69. The molecule has 1 aliphatic heterocycles. The van der Waals surface area contributed by atoms with Crippen LogP contribution in [0.3, 0.4) is 0 Å². The van der Waals surface area contributed by atoms with Crippen molar-refractivity contribution in [2.75, 3.05) is 13.1 Å². The standard InChI is InChI=1S/C10H14F3NO/c1-7-4-3-5-14(6-7)9(15)8(2)10(11,12)13/h7H,2-6H2,1H3. The quantitative estimate of drug-likeness (QED) is 0.622. The van der Waals surface area contributed by atoms with Crippen molar-refractivity contribution >= 4 is 5.91 Å². The molecule has 1 amide bonds. The van der Waals surface area contributed by atoms with E-state index in [1.807, 2.05) is 6.92 Å². The fraction of sp³-hybridized carbons (Fsp3) is 0.700. The topological polar surface area (TPSA) is 20.3 Å². The minimum absolute atomic E-state index is 0.267. The van der Waals surface area contributed by atoms with Crippen molar-refractivity contribution in [1.29, 1.82) is 0 Å². The van der Waals surface area contributed by atoms with Gasteiger partial charge in [0.1, 0.15) is 5.57 Å². The van der Waals surface area contributed by atoms with E-state index < -0.39 is 17.7 Å². The van der Waals surface area contributed by atoms with Gasteiger partial charge >= 0.3 is 6.18 Å². The number of hydrogen-bond acceptors (Lipinski definition) is 1. The third-order valence-corrected chi connectivity index (χ3v) is 2.54. The van der Waals surface area contributed by atoms with Crippen LogP contribution in [-0.2, 0) is 4.79 Å². The molecule has 0 aromatic heterocycles. The van der Waals surface area contributed by atoms with E-state index in [-0.39, 0.29) is 5.92 Å². The summed E-state index contributed by atoms with van der Waals surface area (Å²) >= 11 is 0. The normalized spacial score (nSPS) is 22.7. The Hall–Kier alpha value is -1.00. The molecule has 5 heteroatoms. The molecule has 0 N–H and O–H groups in total. The van der Waals surface area contributed by atoms with E-state index in [1.54, 1.807) is 0 Å². The molecule has 0 bridgehead atoms. The van der Waals surface area contributed by atoms with E-state index >= 15 is 0 Å². The summed E-state index contributed by atoms with van der Waals surface area (Å²) in [6.45, 7) is 5.53. The Labute approximate surface area is 86.7 Å². The summed E-state index contributed by atoms with van der Waals surface area (Å²) in [7, 11) is 0. The van der Waals surface area contributed by atoms with E-state index in [1.165, 1.54) is 4.90 Å². The molecule has 0 aliphatic carbocycles. The van der Waals surface area contributed by atoms with E-state index in [0.717, 1.165) is 12.8 Å². The molecule has 1 unspecified atom stereocenters. The number of likely N-dealkylation sites (tertiary alicyclic amines) is 1. The molecule has 1 heterocycles. The van der Waals surface area contributed by atoms with E-state index in [4.69, 9.17) is 0 Å². The van der Waals surface area contributed by atoms with Gasteiger partial charge in [0.05, 0.1) is 0 Å². The van der Waals surface area contributed by atoms with Crippen LogP contribution in [0, 0.1) is 5.92 Å². The maximum atomic E-state index is 12.2. The number of nitrogens with zero attached hydrogens (tertiary/aromatic N) is 1.